The van der Waals surface area contributed by atoms with Gasteiger partial charge in [0.1, 0.15) is 0 Å². The number of carbonyl (C=O) groups excluding carboxylic acids is 1. The van der Waals surface area contributed by atoms with Crippen LogP contribution in [-0.4, -0.2) is 20.4 Å². The van der Waals surface area contributed by atoms with Gasteiger partial charge in [-0.1, -0.05) is 6.07 Å². The Balaban J connectivity index is 1.82. The number of hydrogen-bond acceptors (Lipinski definition) is 4. The fourth-order valence-corrected chi connectivity index (χ4v) is 4.46. The van der Waals surface area contributed by atoms with Crippen LogP contribution in [0.25, 0.3) is 22.2 Å². The number of amides is 1. The molecule has 7 heteroatoms. The minimum absolute atomic E-state index is 0.150. The Morgan fingerprint density at radius 3 is 2.59 bits per heavy atom. The van der Waals surface area contributed by atoms with E-state index in [1.54, 1.807) is 0 Å². The number of nitrogens with zero attached hydrogens (tertiary/aromatic N) is 2. The average Bonchev–Trinajstić information content (AvgIpc) is 3.14. The quantitative estimate of drug-likeness (QED) is 0.402. The van der Waals surface area contributed by atoms with Gasteiger partial charge in [0.2, 0.25) is 0 Å². The van der Waals surface area contributed by atoms with Crippen molar-refractivity contribution in [3.63, 3.8) is 0 Å². The van der Waals surface area contributed by atoms with Gasteiger partial charge in [-0.25, -0.2) is 0 Å². The van der Waals surface area contributed by atoms with E-state index in [0.717, 1.165) is 44.7 Å². The van der Waals surface area contributed by atoms with Crippen LogP contribution in [0.15, 0.2) is 47.4 Å². The smallest absolute Gasteiger partial charge is 0.253 e. The van der Waals surface area contributed by atoms with E-state index in [1.165, 1.54) is 0 Å². The normalized spacial score (nSPS) is 11.4. The Hall–Kier alpha value is -3.71. The summed E-state index contributed by atoms with van der Waals surface area (Å²) in [6.07, 6.45) is 2.08. The van der Waals surface area contributed by atoms with Crippen molar-refractivity contribution < 1.29 is 4.79 Å². The van der Waals surface area contributed by atoms with Gasteiger partial charge < -0.3 is 20.6 Å². The molecule has 1 aromatic carbocycles. The van der Waals surface area contributed by atoms with Gasteiger partial charge in [0, 0.05) is 58.6 Å². The minimum Gasteiger partial charge on any atom is -0.348 e. The molecule has 0 aliphatic rings. The van der Waals surface area contributed by atoms with Gasteiger partial charge in [0.05, 0.1) is 11.4 Å². The standard InChI is InChI=1S/C27H31N5O2/c1-15(2)32-14-17(4)25-21(26(33)29-13-22-16(3)9-18(5)30-27(22)34)10-19(11-24(25)32)23-8-6-7-20(12-28)31-23/h6-11,14-15H,12-13,28H2,1-5H3,(H,29,33)(H,30,34). The number of benzene rings is 1. The minimum atomic E-state index is -0.231. The lowest BCUT2D eigenvalue weighted by molar-refractivity contribution is 0.0952. The SMILES string of the molecule is Cc1cc(C)c(CNC(=O)c2cc(-c3cccc(CN)n3)cc3c2c(C)cn3C(C)C)c(=O)[nH]1. The zero-order chi connectivity index (χ0) is 24.6. The van der Waals surface area contributed by atoms with E-state index in [4.69, 9.17) is 5.73 Å². The van der Waals surface area contributed by atoms with Crippen LogP contribution < -0.4 is 16.6 Å². The third-order valence-electron chi connectivity index (χ3n) is 6.15. The number of pyridine rings is 2. The van der Waals surface area contributed by atoms with Crippen molar-refractivity contribution in [2.75, 3.05) is 0 Å². The molecule has 176 valence electrons. The van der Waals surface area contributed by atoms with Crippen LogP contribution in [0.4, 0.5) is 0 Å². The van der Waals surface area contributed by atoms with Crippen LogP contribution in [0.3, 0.4) is 0 Å². The summed E-state index contributed by atoms with van der Waals surface area (Å²) < 4.78 is 2.17. The average molecular weight is 458 g/mol. The predicted molar refractivity (Wildman–Crippen MR) is 136 cm³/mol. The zero-order valence-corrected chi connectivity index (χ0v) is 20.3. The first-order chi connectivity index (χ1) is 16.2. The number of carbonyl (C=O) groups is 1. The molecule has 4 rings (SSSR count). The molecule has 3 aromatic heterocycles. The fraction of sp³-hybridized carbons (Fsp3) is 0.296. The first kappa shape index (κ1) is 23.4. The Morgan fingerprint density at radius 2 is 1.91 bits per heavy atom. The predicted octanol–water partition coefficient (Wildman–Crippen LogP) is 4.29. The third-order valence-corrected chi connectivity index (χ3v) is 6.15. The molecule has 0 saturated heterocycles. The van der Waals surface area contributed by atoms with E-state index >= 15 is 0 Å². The van der Waals surface area contributed by atoms with Gasteiger partial charge in [0.15, 0.2) is 0 Å². The molecular weight excluding hydrogens is 426 g/mol. The molecule has 1 amide bonds. The van der Waals surface area contributed by atoms with Crippen LogP contribution in [-0.2, 0) is 13.1 Å². The Morgan fingerprint density at radius 1 is 1.15 bits per heavy atom. The molecule has 0 atom stereocenters. The first-order valence-corrected chi connectivity index (χ1v) is 11.5. The summed E-state index contributed by atoms with van der Waals surface area (Å²) in [5.41, 5.74) is 12.8. The second-order valence-corrected chi connectivity index (χ2v) is 9.08. The van der Waals surface area contributed by atoms with Crippen LogP contribution in [0, 0.1) is 20.8 Å². The van der Waals surface area contributed by atoms with Crippen LogP contribution in [0.1, 0.15) is 58.3 Å². The number of nitrogens with two attached hydrogens (primary N) is 1. The van der Waals surface area contributed by atoms with Gasteiger partial charge >= 0.3 is 0 Å². The molecule has 0 radical (unpaired) electrons. The lowest BCUT2D eigenvalue weighted by Crippen LogP contribution is -2.28. The number of aryl methyl sites for hydroxylation is 3. The fourth-order valence-electron chi connectivity index (χ4n) is 4.46. The number of aromatic amines is 1. The number of H-pyrrole nitrogens is 1. The molecule has 0 saturated carbocycles. The van der Waals surface area contributed by atoms with Crippen LogP contribution >= 0.6 is 0 Å². The molecule has 34 heavy (non-hydrogen) atoms. The third kappa shape index (κ3) is 4.39. The molecule has 0 bridgehead atoms. The summed E-state index contributed by atoms with van der Waals surface area (Å²) >= 11 is 0. The van der Waals surface area contributed by atoms with Crippen molar-refractivity contribution in [2.45, 2.75) is 53.8 Å². The van der Waals surface area contributed by atoms with Crippen molar-refractivity contribution in [1.82, 2.24) is 19.9 Å². The van der Waals surface area contributed by atoms with Gasteiger partial charge in [-0.15, -0.1) is 0 Å². The molecule has 3 heterocycles. The van der Waals surface area contributed by atoms with Crippen molar-refractivity contribution in [3.05, 3.63) is 86.6 Å². The summed E-state index contributed by atoms with van der Waals surface area (Å²) in [5, 5.41) is 3.87. The molecule has 0 spiro atoms. The van der Waals surface area contributed by atoms with E-state index in [0.29, 0.717) is 17.7 Å². The number of fused-ring (bicyclic) bond motifs is 1. The molecule has 0 unspecified atom stereocenters. The van der Waals surface area contributed by atoms with E-state index < -0.39 is 0 Å². The lowest BCUT2D eigenvalue weighted by atomic mass is 10.00. The molecular formula is C27H31N5O2. The van der Waals surface area contributed by atoms with E-state index in [1.807, 2.05) is 51.1 Å². The maximum absolute atomic E-state index is 13.5. The summed E-state index contributed by atoms with van der Waals surface area (Å²) in [5.74, 6) is -0.231. The van der Waals surface area contributed by atoms with Gasteiger partial charge in [-0.2, -0.15) is 0 Å². The molecule has 0 aliphatic heterocycles. The topological polar surface area (TPSA) is 106 Å². The summed E-state index contributed by atoms with van der Waals surface area (Å²) in [7, 11) is 0. The molecule has 4 aromatic rings. The van der Waals surface area contributed by atoms with E-state index in [-0.39, 0.29) is 24.1 Å². The highest BCUT2D eigenvalue weighted by Gasteiger charge is 2.20. The highest BCUT2D eigenvalue weighted by atomic mass is 16.1. The van der Waals surface area contributed by atoms with Gasteiger partial charge in [-0.3, -0.25) is 14.6 Å². The Bertz CT molecular complexity index is 1450. The van der Waals surface area contributed by atoms with Crippen molar-refractivity contribution >= 4 is 16.8 Å². The summed E-state index contributed by atoms with van der Waals surface area (Å²) in [6, 6.07) is 11.8. The molecule has 0 fully saturated rings. The number of nitrogens with one attached hydrogen (secondary N) is 2. The number of rotatable bonds is 6. The second kappa shape index (κ2) is 9.27. The summed E-state index contributed by atoms with van der Waals surface area (Å²) in [4.78, 5) is 33.4. The van der Waals surface area contributed by atoms with Gasteiger partial charge in [0.25, 0.3) is 11.5 Å². The molecule has 0 aliphatic carbocycles. The number of hydrogen-bond donors (Lipinski definition) is 3. The first-order valence-electron chi connectivity index (χ1n) is 11.5. The highest BCUT2D eigenvalue weighted by Crippen LogP contribution is 2.32. The second-order valence-electron chi connectivity index (χ2n) is 9.08. The van der Waals surface area contributed by atoms with E-state index in [2.05, 4.69) is 46.0 Å². The molecule has 7 nitrogen and oxygen atoms in total. The maximum atomic E-state index is 13.5. The van der Waals surface area contributed by atoms with Gasteiger partial charge in [-0.05, 0) is 76.1 Å². The summed E-state index contributed by atoms with van der Waals surface area (Å²) in [6.45, 7) is 10.5. The van der Waals surface area contributed by atoms with Crippen LogP contribution in [0.2, 0.25) is 0 Å². The van der Waals surface area contributed by atoms with Crippen molar-refractivity contribution in [2.24, 2.45) is 5.73 Å². The largest absolute Gasteiger partial charge is 0.348 e. The van der Waals surface area contributed by atoms with Crippen molar-refractivity contribution in [1.29, 1.82) is 0 Å². The highest BCUT2D eigenvalue weighted by molar-refractivity contribution is 6.09. The van der Waals surface area contributed by atoms with Crippen LogP contribution in [0.5, 0.6) is 0 Å². The number of aromatic nitrogens is 3. The molecule has 4 N–H and O–H groups in total. The van der Waals surface area contributed by atoms with E-state index in [9.17, 15) is 9.59 Å². The van der Waals surface area contributed by atoms with Crippen molar-refractivity contribution in [3.8, 4) is 11.3 Å². The lowest BCUT2D eigenvalue weighted by Gasteiger charge is -2.14. The maximum Gasteiger partial charge on any atom is 0.253 e. The zero-order valence-electron chi connectivity index (χ0n) is 20.3. The Labute approximate surface area is 199 Å². The monoisotopic (exact) mass is 457 g/mol. The Kier molecular flexibility index (Phi) is 6.39.